The third-order valence-corrected chi connectivity index (χ3v) is 4.11. The summed E-state index contributed by atoms with van der Waals surface area (Å²) in [5, 5.41) is 18.9. The third-order valence-electron chi connectivity index (χ3n) is 4.11. The lowest BCUT2D eigenvalue weighted by Crippen LogP contribution is -2.34. The fourth-order valence-electron chi connectivity index (χ4n) is 2.65. The highest BCUT2D eigenvalue weighted by atomic mass is 16.3. The number of β-amino-alcohol motifs (C(OH)–C–C–N with tert-alkyl or cyclic N) is 1. The van der Waals surface area contributed by atoms with Gasteiger partial charge < -0.3 is 14.4 Å². The van der Waals surface area contributed by atoms with Gasteiger partial charge in [0.25, 0.3) is 5.91 Å². The van der Waals surface area contributed by atoms with Crippen molar-refractivity contribution < 1.29 is 14.3 Å². The average molecular weight is 304 g/mol. The Bertz CT molecular complexity index is 691. The number of nitrogens with zero attached hydrogens (tertiary/aromatic N) is 4. The molecular weight excluding hydrogens is 284 g/mol. The lowest BCUT2D eigenvalue weighted by molar-refractivity contribution is 0.0372. The molecule has 1 N–H and O–H groups in total. The summed E-state index contributed by atoms with van der Waals surface area (Å²) in [6.45, 7) is 6.47. The number of aliphatic hydroxyl groups is 1. The lowest BCUT2D eigenvalue weighted by Gasteiger charge is -2.20. The van der Waals surface area contributed by atoms with E-state index in [1.807, 2.05) is 20.8 Å². The van der Waals surface area contributed by atoms with E-state index in [4.69, 9.17) is 4.42 Å². The van der Waals surface area contributed by atoms with E-state index in [1.165, 1.54) is 6.26 Å². The van der Waals surface area contributed by atoms with Crippen molar-refractivity contribution >= 4 is 5.91 Å². The molecule has 7 heteroatoms. The zero-order valence-corrected chi connectivity index (χ0v) is 13.0. The van der Waals surface area contributed by atoms with Gasteiger partial charge in [-0.05, 0) is 26.8 Å². The number of aryl methyl sites for hydroxylation is 1. The van der Waals surface area contributed by atoms with Gasteiger partial charge >= 0.3 is 0 Å². The molecule has 0 aromatic carbocycles. The van der Waals surface area contributed by atoms with Gasteiger partial charge in [0.05, 0.1) is 19.0 Å². The number of likely N-dealkylation sites (tertiary alicyclic amines) is 1. The van der Waals surface area contributed by atoms with Gasteiger partial charge in [-0.25, -0.2) is 4.68 Å². The molecule has 3 heterocycles. The molecule has 1 aliphatic rings. The molecule has 22 heavy (non-hydrogen) atoms. The molecule has 1 fully saturated rings. The fraction of sp³-hybridized carbons (Fsp3) is 0.533. The Morgan fingerprint density at radius 3 is 2.86 bits per heavy atom. The summed E-state index contributed by atoms with van der Waals surface area (Å²) in [7, 11) is 0. The summed E-state index contributed by atoms with van der Waals surface area (Å²) >= 11 is 0. The van der Waals surface area contributed by atoms with Crippen molar-refractivity contribution in [3.05, 3.63) is 35.5 Å². The SMILES string of the molecule is Cc1ccoc1C(=O)N1CC[C@](O)(c2cn(C(C)C)nn2)C1. The number of furan rings is 1. The molecule has 0 aliphatic carbocycles. The molecule has 1 saturated heterocycles. The van der Waals surface area contributed by atoms with Crippen molar-refractivity contribution in [3.8, 4) is 0 Å². The number of hydrogen-bond donors (Lipinski definition) is 1. The van der Waals surface area contributed by atoms with E-state index in [1.54, 1.807) is 21.8 Å². The molecule has 2 aromatic rings. The highest BCUT2D eigenvalue weighted by molar-refractivity contribution is 5.93. The van der Waals surface area contributed by atoms with Gasteiger partial charge in [-0.2, -0.15) is 0 Å². The second-order valence-electron chi connectivity index (χ2n) is 6.12. The molecule has 1 amide bonds. The fourth-order valence-corrected chi connectivity index (χ4v) is 2.65. The minimum atomic E-state index is -1.15. The summed E-state index contributed by atoms with van der Waals surface area (Å²) in [6, 6.07) is 1.93. The molecule has 3 rings (SSSR count). The first-order valence-electron chi connectivity index (χ1n) is 7.39. The van der Waals surface area contributed by atoms with Crippen molar-refractivity contribution in [1.82, 2.24) is 19.9 Å². The van der Waals surface area contributed by atoms with Crippen LogP contribution < -0.4 is 0 Å². The first kappa shape index (κ1) is 14.8. The van der Waals surface area contributed by atoms with Gasteiger partial charge in [-0.15, -0.1) is 5.10 Å². The summed E-state index contributed by atoms with van der Waals surface area (Å²) in [5.74, 6) is 0.129. The summed E-state index contributed by atoms with van der Waals surface area (Å²) in [6.07, 6.45) is 3.69. The van der Waals surface area contributed by atoms with Crippen LogP contribution in [0, 0.1) is 6.92 Å². The van der Waals surface area contributed by atoms with E-state index in [0.717, 1.165) is 5.56 Å². The van der Waals surface area contributed by atoms with Crippen molar-refractivity contribution in [2.24, 2.45) is 0 Å². The largest absolute Gasteiger partial charge is 0.459 e. The quantitative estimate of drug-likeness (QED) is 0.928. The van der Waals surface area contributed by atoms with Crippen LogP contribution in [0.2, 0.25) is 0 Å². The summed E-state index contributed by atoms with van der Waals surface area (Å²) in [4.78, 5) is 14.0. The minimum absolute atomic E-state index is 0.176. The smallest absolute Gasteiger partial charge is 0.289 e. The van der Waals surface area contributed by atoms with Crippen LogP contribution in [0.25, 0.3) is 0 Å². The zero-order chi connectivity index (χ0) is 15.9. The van der Waals surface area contributed by atoms with Gasteiger partial charge in [-0.3, -0.25) is 4.79 Å². The molecule has 0 spiro atoms. The van der Waals surface area contributed by atoms with E-state index in [0.29, 0.717) is 24.4 Å². The molecule has 0 radical (unpaired) electrons. The predicted molar refractivity (Wildman–Crippen MR) is 78.3 cm³/mol. The second kappa shape index (κ2) is 5.24. The maximum atomic E-state index is 12.4. The molecule has 0 bridgehead atoms. The Labute approximate surface area is 128 Å². The molecule has 0 unspecified atom stereocenters. The van der Waals surface area contributed by atoms with Crippen molar-refractivity contribution in [2.75, 3.05) is 13.1 Å². The summed E-state index contributed by atoms with van der Waals surface area (Å²) < 4.78 is 6.95. The maximum absolute atomic E-state index is 12.4. The number of carbonyl (C=O) groups is 1. The predicted octanol–water partition coefficient (Wildman–Crippen LogP) is 1.49. The van der Waals surface area contributed by atoms with Gasteiger partial charge in [0, 0.05) is 24.6 Å². The van der Waals surface area contributed by atoms with Gasteiger partial charge in [0.2, 0.25) is 0 Å². The van der Waals surface area contributed by atoms with Crippen LogP contribution in [-0.2, 0) is 5.60 Å². The number of amides is 1. The Morgan fingerprint density at radius 1 is 1.50 bits per heavy atom. The van der Waals surface area contributed by atoms with Crippen molar-refractivity contribution in [3.63, 3.8) is 0 Å². The molecule has 1 aliphatic heterocycles. The molecule has 0 saturated carbocycles. The number of aromatic nitrogens is 3. The molecular formula is C15H20N4O3. The minimum Gasteiger partial charge on any atom is -0.459 e. The molecule has 1 atom stereocenters. The van der Waals surface area contributed by atoms with Gasteiger partial charge in [-0.1, -0.05) is 5.21 Å². The monoisotopic (exact) mass is 304 g/mol. The Hall–Kier alpha value is -2.15. The highest BCUT2D eigenvalue weighted by Gasteiger charge is 2.42. The maximum Gasteiger partial charge on any atom is 0.289 e. The van der Waals surface area contributed by atoms with Crippen molar-refractivity contribution in [1.29, 1.82) is 0 Å². The van der Waals surface area contributed by atoms with Crippen molar-refractivity contribution in [2.45, 2.75) is 38.8 Å². The van der Waals surface area contributed by atoms with Gasteiger partial charge in [0.1, 0.15) is 11.3 Å². The number of rotatable bonds is 3. The Balaban J connectivity index is 1.78. The van der Waals surface area contributed by atoms with Gasteiger partial charge in [0.15, 0.2) is 5.76 Å². The first-order chi connectivity index (χ1) is 10.4. The van der Waals surface area contributed by atoms with E-state index >= 15 is 0 Å². The standard InChI is InChI=1S/C15H20N4O3/c1-10(2)19-8-12(16-17-19)15(21)5-6-18(9-15)14(20)13-11(3)4-7-22-13/h4,7-8,10,21H,5-6,9H2,1-3H3/t15-/m1/s1. The normalized spacial score (nSPS) is 21.8. The highest BCUT2D eigenvalue weighted by Crippen LogP contribution is 2.32. The van der Waals surface area contributed by atoms with Crippen LogP contribution in [0.1, 0.15) is 48.1 Å². The van der Waals surface area contributed by atoms with Crippen LogP contribution in [0.5, 0.6) is 0 Å². The Morgan fingerprint density at radius 2 is 2.27 bits per heavy atom. The molecule has 2 aromatic heterocycles. The van der Waals surface area contributed by atoms with Crippen LogP contribution >= 0.6 is 0 Å². The van der Waals surface area contributed by atoms with E-state index in [9.17, 15) is 9.90 Å². The van der Waals surface area contributed by atoms with Crippen LogP contribution in [-0.4, -0.2) is 44.0 Å². The second-order valence-corrected chi connectivity index (χ2v) is 6.12. The lowest BCUT2D eigenvalue weighted by atomic mass is 10.00. The Kier molecular flexibility index (Phi) is 3.52. The first-order valence-corrected chi connectivity index (χ1v) is 7.39. The topological polar surface area (TPSA) is 84.4 Å². The van der Waals surface area contributed by atoms with E-state index in [-0.39, 0.29) is 18.5 Å². The zero-order valence-electron chi connectivity index (χ0n) is 13.0. The number of carbonyl (C=O) groups excluding carboxylic acids is 1. The van der Waals surface area contributed by atoms with E-state index < -0.39 is 5.60 Å². The van der Waals surface area contributed by atoms with Crippen LogP contribution in [0.15, 0.2) is 22.9 Å². The van der Waals surface area contributed by atoms with E-state index in [2.05, 4.69) is 10.3 Å². The molecule has 7 nitrogen and oxygen atoms in total. The molecule has 118 valence electrons. The average Bonchev–Trinajstić information content (AvgIpc) is 3.17. The van der Waals surface area contributed by atoms with Crippen LogP contribution in [0.4, 0.5) is 0 Å². The number of hydrogen-bond acceptors (Lipinski definition) is 5. The van der Waals surface area contributed by atoms with Crippen LogP contribution in [0.3, 0.4) is 0 Å². The third kappa shape index (κ3) is 2.41. The summed E-state index contributed by atoms with van der Waals surface area (Å²) in [5.41, 5.74) is 0.155.